The molecule has 3 rings (SSSR count). The summed E-state index contributed by atoms with van der Waals surface area (Å²) in [7, 11) is 0. The molecule has 0 aliphatic heterocycles. The van der Waals surface area contributed by atoms with Crippen molar-refractivity contribution in [2.75, 3.05) is 4.90 Å². The summed E-state index contributed by atoms with van der Waals surface area (Å²) in [4.78, 5) is 39.6. The summed E-state index contributed by atoms with van der Waals surface area (Å²) in [5.74, 6) is -0.676. The predicted octanol–water partition coefficient (Wildman–Crippen LogP) is 5.37. The second kappa shape index (κ2) is 11.7. The number of rotatable bonds is 7. The van der Waals surface area contributed by atoms with Crippen molar-refractivity contribution in [2.24, 2.45) is 0 Å². The van der Waals surface area contributed by atoms with Gasteiger partial charge >= 0.3 is 5.97 Å². The molecule has 0 N–H and O–H groups in total. The van der Waals surface area contributed by atoms with E-state index in [9.17, 15) is 18.8 Å². The van der Waals surface area contributed by atoms with E-state index in [1.54, 1.807) is 6.92 Å². The molecular weight excluding hydrogens is 473 g/mol. The Kier molecular flexibility index (Phi) is 8.67. The molecule has 6 nitrogen and oxygen atoms in total. The van der Waals surface area contributed by atoms with E-state index in [1.807, 2.05) is 30.3 Å². The molecule has 1 atom stereocenters. The van der Waals surface area contributed by atoms with Gasteiger partial charge in [-0.2, -0.15) is 0 Å². The van der Waals surface area contributed by atoms with Crippen LogP contribution in [-0.2, 0) is 25.7 Å². The molecule has 2 aromatic carbocycles. The fraction of sp³-hybridized carbons (Fsp3) is 0.296. The zero-order valence-electron chi connectivity index (χ0n) is 19.5. The highest BCUT2D eigenvalue weighted by Crippen LogP contribution is 2.35. The second-order valence-electron chi connectivity index (χ2n) is 8.05. The van der Waals surface area contributed by atoms with Crippen LogP contribution in [0.25, 0.3) is 0 Å². The molecule has 1 unspecified atom stereocenters. The lowest BCUT2D eigenvalue weighted by Gasteiger charge is -2.26. The van der Waals surface area contributed by atoms with Crippen molar-refractivity contribution in [3.05, 3.63) is 70.0 Å². The number of ether oxygens (including phenoxy) is 2. The van der Waals surface area contributed by atoms with Gasteiger partial charge in [0.25, 0.3) is 5.91 Å². The minimum absolute atomic E-state index is 0.0210. The third-order valence-electron chi connectivity index (χ3n) is 5.48. The number of terminal acetylenes is 1. The summed E-state index contributed by atoms with van der Waals surface area (Å²) in [5.41, 5.74) is 0.766. The van der Waals surface area contributed by atoms with Gasteiger partial charge in [0.15, 0.2) is 6.10 Å². The van der Waals surface area contributed by atoms with E-state index in [0.717, 1.165) is 24.6 Å². The van der Waals surface area contributed by atoms with Gasteiger partial charge in [-0.25, -0.2) is 14.1 Å². The number of halogens is 2. The summed E-state index contributed by atoms with van der Waals surface area (Å²) in [6.07, 6.45) is 6.55. The maximum atomic E-state index is 14.9. The molecule has 0 spiro atoms. The lowest BCUT2D eigenvalue weighted by atomic mass is 9.90. The molecule has 0 saturated carbocycles. The lowest BCUT2D eigenvalue weighted by molar-refractivity contribution is -0.141. The zero-order valence-corrected chi connectivity index (χ0v) is 20.2. The molecule has 0 heterocycles. The van der Waals surface area contributed by atoms with Crippen LogP contribution in [0.5, 0.6) is 5.75 Å². The second-order valence-corrected chi connectivity index (χ2v) is 8.45. The number of hydrogen-bond acceptors (Lipinski definition) is 5. The number of imide groups is 1. The number of benzene rings is 2. The van der Waals surface area contributed by atoms with Gasteiger partial charge in [-0.3, -0.25) is 9.59 Å². The molecule has 2 aromatic rings. The maximum absolute atomic E-state index is 14.9. The molecule has 8 heteroatoms. The smallest absolute Gasteiger partial charge is 0.334 e. The molecule has 35 heavy (non-hydrogen) atoms. The molecule has 0 fully saturated rings. The lowest BCUT2D eigenvalue weighted by Crippen LogP contribution is -2.38. The first-order valence-corrected chi connectivity index (χ1v) is 11.5. The van der Waals surface area contributed by atoms with E-state index >= 15 is 0 Å². The van der Waals surface area contributed by atoms with Crippen LogP contribution < -0.4 is 9.64 Å². The molecule has 0 bridgehead atoms. The van der Waals surface area contributed by atoms with E-state index in [4.69, 9.17) is 27.5 Å². The van der Waals surface area contributed by atoms with Crippen LogP contribution in [0.2, 0.25) is 5.02 Å². The van der Waals surface area contributed by atoms with Crippen molar-refractivity contribution in [2.45, 2.75) is 52.2 Å². The normalized spacial score (nSPS) is 14.0. The van der Waals surface area contributed by atoms with Crippen molar-refractivity contribution >= 4 is 35.1 Å². The summed E-state index contributed by atoms with van der Waals surface area (Å²) in [6.45, 7) is 2.77. The number of nitrogens with zero attached hydrogens (tertiary/aromatic N) is 1. The van der Waals surface area contributed by atoms with Crippen molar-refractivity contribution in [1.82, 2.24) is 0 Å². The van der Waals surface area contributed by atoms with Crippen LogP contribution in [0, 0.1) is 18.2 Å². The van der Waals surface area contributed by atoms with Gasteiger partial charge in [0, 0.05) is 24.1 Å². The van der Waals surface area contributed by atoms with Gasteiger partial charge in [0.05, 0.1) is 10.7 Å². The first-order valence-electron chi connectivity index (χ1n) is 11.1. The average molecular weight is 498 g/mol. The SMILES string of the molecule is C#CC(C)Oc1cc(N(C(C)=O)C(=O)C2=C(C(=O)OCc3ccccc3)CCCC2)c(F)cc1Cl. The van der Waals surface area contributed by atoms with Crippen LogP contribution in [0.1, 0.15) is 45.1 Å². The van der Waals surface area contributed by atoms with Crippen LogP contribution in [0.15, 0.2) is 53.6 Å². The molecule has 182 valence electrons. The number of carbonyl (C=O) groups is 3. The molecule has 0 aromatic heterocycles. The van der Waals surface area contributed by atoms with Crippen LogP contribution in [0.3, 0.4) is 0 Å². The molecular formula is C27H25ClFNO5. The van der Waals surface area contributed by atoms with E-state index in [2.05, 4.69) is 5.92 Å². The molecule has 0 radical (unpaired) electrons. The number of esters is 1. The van der Waals surface area contributed by atoms with Crippen LogP contribution >= 0.6 is 11.6 Å². The van der Waals surface area contributed by atoms with E-state index in [0.29, 0.717) is 24.2 Å². The van der Waals surface area contributed by atoms with E-state index in [1.165, 1.54) is 0 Å². The number of hydrogen-bond donors (Lipinski definition) is 0. The van der Waals surface area contributed by atoms with E-state index < -0.39 is 29.7 Å². The fourth-order valence-electron chi connectivity index (χ4n) is 3.74. The largest absolute Gasteiger partial charge is 0.476 e. The maximum Gasteiger partial charge on any atom is 0.334 e. The van der Waals surface area contributed by atoms with Crippen molar-refractivity contribution in [3.8, 4) is 18.1 Å². The first kappa shape index (κ1) is 26.0. The molecule has 0 saturated heterocycles. The summed E-state index contributed by atoms with van der Waals surface area (Å²) in [6, 6.07) is 11.2. The summed E-state index contributed by atoms with van der Waals surface area (Å²) in [5, 5.41) is -0.0636. The monoisotopic (exact) mass is 497 g/mol. The van der Waals surface area contributed by atoms with Crippen molar-refractivity contribution in [1.29, 1.82) is 0 Å². The highest BCUT2D eigenvalue weighted by atomic mass is 35.5. The van der Waals surface area contributed by atoms with Crippen molar-refractivity contribution in [3.63, 3.8) is 0 Å². The Hall–Kier alpha value is -3.63. The third-order valence-corrected chi connectivity index (χ3v) is 5.78. The Morgan fingerprint density at radius 3 is 2.43 bits per heavy atom. The molecule has 1 aliphatic rings. The van der Waals surface area contributed by atoms with Gasteiger partial charge in [-0.1, -0.05) is 47.9 Å². The quantitative estimate of drug-likeness (QED) is 0.379. The standard InChI is InChI=1S/C27H25ClFNO5/c1-4-17(2)35-25-15-24(23(29)14-22(25)28)30(18(3)31)26(32)20-12-8-9-13-21(20)27(33)34-16-19-10-6-5-7-11-19/h1,5-7,10-11,14-15,17H,8-9,12-13,16H2,2-3H3. The zero-order chi connectivity index (χ0) is 25.5. The summed E-state index contributed by atoms with van der Waals surface area (Å²) >= 11 is 6.07. The van der Waals surface area contributed by atoms with Crippen LogP contribution in [-0.4, -0.2) is 23.9 Å². The first-order chi connectivity index (χ1) is 16.7. The van der Waals surface area contributed by atoms with Gasteiger partial charge in [-0.05, 0) is 44.2 Å². The van der Waals surface area contributed by atoms with E-state index in [-0.39, 0.29) is 40.6 Å². The molecule has 1 aliphatic carbocycles. The highest BCUT2D eigenvalue weighted by molar-refractivity contribution is 6.32. The number of anilines is 1. The average Bonchev–Trinajstić information content (AvgIpc) is 2.85. The minimum Gasteiger partial charge on any atom is -0.476 e. The Balaban J connectivity index is 1.95. The number of amides is 2. The topological polar surface area (TPSA) is 72.9 Å². The fourth-order valence-corrected chi connectivity index (χ4v) is 3.93. The molecule has 2 amide bonds. The van der Waals surface area contributed by atoms with Gasteiger partial charge in [-0.15, -0.1) is 6.42 Å². The Labute approximate surface area is 208 Å². The van der Waals surface area contributed by atoms with Gasteiger partial charge in [0.1, 0.15) is 18.2 Å². The predicted molar refractivity (Wildman–Crippen MR) is 130 cm³/mol. The third kappa shape index (κ3) is 6.28. The van der Waals surface area contributed by atoms with Gasteiger partial charge < -0.3 is 9.47 Å². The van der Waals surface area contributed by atoms with Gasteiger partial charge in [0.2, 0.25) is 5.91 Å². The Morgan fingerprint density at radius 1 is 1.14 bits per heavy atom. The summed E-state index contributed by atoms with van der Waals surface area (Å²) < 4.78 is 25.9. The highest BCUT2D eigenvalue weighted by Gasteiger charge is 2.32. The van der Waals surface area contributed by atoms with Crippen molar-refractivity contribution < 1.29 is 28.2 Å². The van der Waals surface area contributed by atoms with Crippen LogP contribution in [0.4, 0.5) is 10.1 Å². The Bertz CT molecular complexity index is 1200. The minimum atomic E-state index is -0.899. The Morgan fingerprint density at radius 2 is 1.80 bits per heavy atom. The number of carbonyl (C=O) groups excluding carboxylic acids is 3.